The molecule has 8 nitrogen and oxygen atoms in total. The number of hydrogen-bond acceptors (Lipinski definition) is 6. The maximum Gasteiger partial charge on any atom is 0.332 e. The van der Waals surface area contributed by atoms with Crippen LogP contribution in [-0.2, 0) is 13.1 Å². The molecule has 0 aliphatic rings. The molecule has 4 aromatic rings. The summed E-state index contributed by atoms with van der Waals surface area (Å²) >= 11 is 1.22. The normalized spacial score (nSPS) is 11.1. The number of fused-ring (bicyclic) bond motifs is 1. The number of imidazole rings is 1. The predicted molar refractivity (Wildman–Crippen MR) is 121 cm³/mol. The monoisotopic (exact) mass is 435 g/mol. The Balaban J connectivity index is 1.69. The lowest BCUT2D eigenvalue weighted by Crippen LogP contribution is -2.44. The quantitative estimate of drug-likeness (QED) is 0.353. The number of rotatable bonds is 7. The smallest absolute Gasteiger partial charge is 0.332 e. The number of aromatic nitrogens is 4. The molecule has 0 atom stereocenters. The van der Waals surface area contributed by atoms with Gasteiger partial charge in [-0.1, -0.05) is 48.2 Å². The third kappa shape index (κ3) is 3.91. The minimum Gasteiger partial charge on any atom is -0.384 e. The van der Waals surface area contributed by atoms with Gasteiger partial charge >= 0.3 is 5.69 Å². The van der Waals surface area contributed by atoms with Gasteiger partial charge in [-0.3, -0.25) is 23.1 Å². The minimum absolute atomic E-state index is 0.0271. The van der Waals surface area contributed by atoms with Gasteiger partial charge in [0.25, 0.3) is 5.56 Å². The lowest BCUT2D eigenvalue weighted by atomic mass is 10.2. The largest absolute Gasteiger partial charge is 0.384 e. The summed E-state index contributed by atoms with van der Waals surface area (Å²) in [6.07, 6.45) is 3.57. The zero-order valence-electron chi connectivity index (χ0n) is 16.9. The molecule has 0 fully saturated rings. The van der Waals surface area contributed by atoms with Crippen LogP contribution in [-0.4, -0.2) is 30.1 Å². The van der Waals surface area contributed by atoms with Crippen LogP contribution >= 0.6 is 11.8 Å². The summed E-state index contributed by atoms with van der Waals surface area (Å²) < 4.78 is 4.19. The van der Waals surface area contributed by atoms with Crippen LogP contribution in [0.5, 0.6) is 0 Å². The van der Waals surface area contributed by atoms with Gasteiger partial charge in [-0.25, -0.2) is 9.78 Å². The van der Waals surface area contributed by atoms with Gasteiger partial charge < -0.3 is 5.73 Å². The molecule has 0 aliphatic carbocycles. The molecule has 3 aromatic heterocycles. The van der Waals surface area contributed by atoms with Crippen LogP contribution < -0.4 is 17.0 Å². The summed E-state index contributed by atoms with van der Waals surface area (Å²) in [6, 6.07) is 15.0. The maximum absolute atomic E-state index is 13.0. The first-order valence-corrected chi connectivity index (χ1v) is 10.7. The van der Waals surface area contributed by atoms with Crippen molar-refractivity contribution in [3.8, 4) is 0 Å². The van der Waals surface area contributed by atoms with E-state index in [1.165, 1.54) is 16.3 Å². The molecule has 0 spiro atoms. The second-order valence-electron chi connectivity index (χ2n) is 6.91. The molecule has 0 bridgehead atoms. The molecular formula is C22H21N5O3S. The van der Waals surface area contributed by atoms with Gasteiger partial charge in [0.2, 0.25) is 0 Å². The minimum atomic E-state index is -0.659. The number of nitrogen functional groups attached to an aromatic ring is 1. The standard InChI is InChI=1S/C22H21N5O3S/c1-2-25-20(29)18(19(23)27(22(25)30)13-15-8-4-3-5-9-15)17(28)14-31-21-24-12-16-10-6-7-11-26(16)21/h3-12H,2,13-14,23H2,1H3. The molecular weight excluding hydrogens is 414 g/mol. The summed E-state index contributed by atoms with van der Waals surface area (Å²) in [7, 11) is 0. The molecule has 0 radical (unpaired) electrons. The second-order valence-corrected chi connectivity index (χ2v) is 7.85. The summed E-state index contributed by atoms with van der Waals surface area (Å²) in [4.78, 5) is 43.1. The van der Waals surface area contributed by atoms with E-state index in [1.807, 2.05) is 59.1 Å². The van der Waals surface area contributed by atoms with Crippen molar-refractivity contribution in [3.05, 3.63) is 92.9 Å². The molecule has 0 saturated carbocycles. The number of Topliss-reactive ketones (excluding diaryl/α,β-unsaturated/α-hetero) is 1. The average molecular weight is 436 g/mol. The van der Waals surface area contributed by atoms with Crippen molar-refractivity contribution in [1.29, 1.82) is 0 Å². The lowest BCUT2D eigenvalue weighted by molar-refractivity contribution is 0.102. The molecule has 0 aliphatic heterocycles. The zero-order valence-corrected chi connectivity index (χ0v) is 17.7. The van der Waals surface area contributed by atoms with Gasteiger partial charge in [-0.15, -0.1) is 0 Å². The SMILES string of the molecule is CCn1c(=O)c(C(=O)CSc2ncc3ccccn23)c(N)n(Cc2ccccc2)c1=O. The lowest BCUT2D eigenvalue weighted by Gasteiger charge is -2.15. The number of benzene rings is 1. The number of hydrogen-bond donors (Lipinski definition) is 1. The highest BCUT2D eigenvalue weighted by Gasteiger charge is 2.23. The molecule has 9 heteroatoms. The van der Waals surface area contributed by atoms with Crippen LogP contribution in [0.4, 0.5) is 5.82 Å². The molecule has 4 rings (SSSR count). The number of pyridine rings is 1. The topological polar surface area (TPSA) is 104 Å². The molecule has 31 heavy (non-hydrogen) atoms. The first kappa shape index (κ1) is 20.7. The third-order valence-electron chi connectivity index (χ3n) is 4.98. The van der Waals surface area contributed by atoms with E-state index in [4.69, 9.17) is 5.73 Å². The van der Waals surface area contributed by atoms with Crippen molar-refractivity contribution in [2.24, 2.45) is 0 Å². The van der Waals surface area contributed by atoms with E-state index >= 15 is 0 Å². The molecule has 158 valence electrons. The van der Waals surface area contributed by atoms with Crippen molar-refractivity contribution < 1.29 is 4.79 Å². The molecule has 0 amide bonds. The van der Waals surface area contributed by atoms with Crippen LogP contribution in [0.1, 0.15) is 22.8 Å². The van der Waals surface area contributed by atoms with Gasteiger partial charge in [-0.2, -0.15) is 0 Å². The molecule has 3 heterocycles. The van der Waals surface area contributed by atoms with Gasteiger partial charge in [0.15, 0.2) is 10.9 Å². The Morgan fingerprint density at radius 3 is 2.55 bits per heavy atom. The fourth-order valence-corrected chi connectivity index (χ4v) is 4.24. The predicted octanol–water partition coefficient (Wildman–Crippen LogP) is 2.28. The first-order valence-electron chi connectivity index (χ1n) is 9.76. The summed E-state index contributed by atoms with van der Waals surface area (Å²) in [5.74, 6) is -0.577. The molecule has 1 aromatic carbocycles. The van der Waals surface area contributed by atoms with E-state index < -0.39 is 17.0 Å². The van der Waals surface area contributed by atoms with E-state index in [-0.39, 0.29) is 30.2 Å². The van der Waals surface area contributed by atoms with Crippen molar-refractivity contribution in [3.63, 3.8) is 0 Å². The van der Waals surface area contributed by atoms with E-state index in [0.717, 1.165) is 15.6 Å². The van der Waals surface area contributed by atoms with Crippen molar-refractivity contribution in [2.75, 3.05) is 11.5 Å². The second kappa shape index (κ2) is 8.65. The van der Waals surface area contributed by atoms with Crippen LogP contribution in [0.2, 0.25) is 0 Å². The van der Waals surface area contributed by atoms with Crippen LogP contribution in [0.25, 0.3) is 5.52 Å². The highest BCUT2D eigenvalue weighted by atomic mass is 32.2. The van der Waals surface area contributed by atoms with E-state index in [0.29, 0.717) is 5.16 Å². The summed E-state index contributed by atoms with van der Waals surface area (Å²) in [5.41, 5.74) is 6.59. The highest BCUT2D eigenvalue weighted by Crippen LogP contribution is 2.20. The Kier molecular flexibility index (Phi) is 5.77. The van der Waals surface area contributed by atoms with Gasteiger partial charge in [0, 0.05) is 12.7 Å². The van der Waals surface area contributed by atoms with Gasteiger partial charge in [0.1, 0.15) is 11.4 Å². The Morgan fingerprint density at radius 1 is 1.06 bits per heavy atom. The number of ketones is 1. The van der Waals surface area contributed by atoms with Crippen LogP contribution in [0.3, 0.4) is 0 Å². The summed E-state index contributed by atoms with van der Waals surface area (Å²) in [6.45, 7) is 2.00. The number of carbonyl (C=O) groups is 1. The fourth-order valence-electron chi connectivity index (χ4n) is 3.40. The number of nitrogens with two attached hydrogens (primary N) is 1. The Morgan fingerprint density at radius 2 is 1.81 bits per heavy atom. The number of carbonyl (C=O) groups excluding carboxylic acids is 1. The van der Waals surface area contributed by atoms with Crippen molar-refractivity contribution in [1.82, 2.24) is 18.5 Å². The number of nitrogens with zero attached hydrogens (tertiary/aromatic N) is 4. The third-order valence-corrected chi connectivity index (χ3v) is 5.95. The Bertz CT molecular complexity index is 1370. The molecule has 0 saturated heterocycles. The van der Waals surface area contributed by atoms with Gasteiger partial charge in [0.05, 0.1) is 24.0 Å². The Hall–Kier alpha value is -3.59. The maximum atomic E-state index is 13.0. The van der Waals surface area contributed by atoms with E-state index in [2.05, 4.69) is 4.98 Å². The van der Waals surface area contributed by atoms with E-state index in [1.54, 1.807) is 13.1 Å². The van der Waals surface area contributed by atoms with Gasteiger partial charge in [-0.05, 0) is 24.6 Å². The Labute approximate surface area is 182 Å². The zero-order chi connectivity index (χ0) is 22.0. The fraction of sp³-hybridized carbons (Fsp3) is 0.182. The van der Waals surface area contributed by atoms with Crippen molar-refractivity contribution >= 4 is 28.9 Å². The van der Waals surface area contributed by atoms with Crippen molar-refractivity contribution in [2.45, 2.75) is 25.2 Å². The molecule has 2 N–H and O–H groups in total. The number of anilines is 1. The summed E-state index contributed by atoms with van der Waals surface area (Å²) in [5, 5.41) is 0.635. The van der Waals surface area contributed by atoms with Crippen LogP contribution in [0, 0.1) is 0 Å². The number of thioether (sulfide) groups is 1. The first-order chi connectivity index (χ1) is 15.0. The van der Waals surface area contributed by atoms with E-state index in [9.17, 15) is 14.4 Å². The molecule has 0 unspecified atom stereocenters. The van der Waals surface area contributed by atoms with Crippen LogP contribution in [0.15, 0.2) is 75.7 Å². The highest BCUT2D eigenvalue weighted by molar-refractivity contribution is 7.99. The average Bonchev–Trinajstić information content (AvgIpc) is 3.19.